The second kappa shape index (κ2) is 6.47. The molecule has 1 fully saturated rings. The highest BCUT2D eigenvalue weighted by Gasteiger charge is 2.29. The first-order chi connectivity index (χ1) is 9.13. The van der Waals surface area contributed by atoms with Crippen molar-refractivity contribution in [3.05, 3.63) is 21.9 Å². The van der Waals surface area contributed by atoms with Gasteiger partial charge in [0, 0.05) is 11.3 Å². The average molecular weight is 294 g/mol. The molecule has 0 aromatic carbocycles. The van der Waals surface area contributed by atoms with E-state index in [1.54, 1.807) is 0 Å². The third-order valence-electron chi connectivity index (χ3n) is 3.07. The van der Waals surface area contributed by atoms with Crippen molar-refractivity contribution in [2.75, 3.05) is 18.8 Å². The smallest absolute Gasteiger partial charge is 0.261 e. The summed E-state index contributed by atoms with van der Waals surface area (Å²) < 4.78 is 0.203. The second-order valence-corrected chi connectivity index (χ2v) is 7.52. The molecule has 1 aliphatic rings. The van der Waals surface area contributed by atoms with Gasteiger partial charge in [0.05, 0.1) is 16.3 Å². The van der Waals surface area contributed by atoms with Gasteiger partial charge in [0.25, 0.3) is 5.91 Å². The molecule has 1 atom stereocenters. The lowest BCUT2D eigenvalue weighted by molar-refractivity contribution is 0.0954. The Bertz CT molecular complexity index is 507. The molecular weight excluding hydrogens is 276 g/mol. The van der Waals surface area contributed by atoms with E-state index >= 15 is 0 Å². The van der Waals surface area contributed by atoms with Gasteiger partial charge in [-0.15, -0.1) is 11.3 Å². The standard InChI is InChI=1S/C14H18N2OS2/c1-14(7-3-9-18-14)10-16-13(17)12-6-5-11(19-12)4-2-8-15/h5-6H,3,7-10,15H2,1H3,(H,16,17). The van der Waals surface area contributed by atoms with Gasteiger partial charge in [-0.1, -0.05) is 11.8 Å². The van der Waals surface area contributed by atoms with Crippen molar-refractivity contribution in [2.45, 2.75) is 24.5 Å². The van der Waals surface area contributed by atoms with Crippen LogP contribution in [0.15, 0.2) is 12.1 Å². The molecule has 3 nitrogen and oxygen atoms in total. The molecule has 2 heterocycles. The van der Waals surface area contributed by atoms with Gasteiger partial charge >= 0.3 is 0 Å². The lowest BCUT2D eigenvalue weighted by Gasteiger charge is -2.22. The zero-order chi connectivity index (χ0) is 13.7. The van der Waals surface area contributed by atoms with Crippen LogP contribution < -0.4 is 11.1 Å². The van der Waals surface area contributed by atoms with E-state index < -0.39 is 0 Å². The van der Waals surface area contributed by atoms with Crippen LogP contribution in [0.1, 0.15) is 34.3 Å². The van der Waals surface area contributed by atoms with E-state index in [1.165, 1.54) is 29.9 Å². The molecule has 0 spiro atoms. The Balaban J connectivity index is 1.91. The van der Waals surface area contributed by atoms with Crippen molar-refractivity contribution < 1.29 is 4.79 Å². The van der Waals surface area contributed by atoms with Crippen molar-refractivity contribution in [2.24, 2.45) is 5.73 Å². The number of hydrogen-bond acceptors (Lipinski definition) is 4. The minimum absolute atomic E-state index is 0.000441. The predicted molar refractivity (Wildman–Crippen MR) is 82.7 cm³/mol. The van der Waals surface area contributed by atoms with Gasteiger partial charge in [0.15, 0.2) is 0 Å². The molecule has 2 rings (SSSR count). The average Bonchev–Trinajstić information content (AvgIpc) is 3.03. The molecule has 0 bridgehead atoms. The van der Waals surface area contributed by atoms with E-state index in [9.17, 15) is 4.79 Å². The van der Waals surface area contributed by atoms with Crippen LogP contribution >= 0.6 is 23.1 Å². The number of thiophene rings is 1. The highest BCUT2D eigenvalue weighted by Crippen LogP contribution is 2.37. The first kappa shape index (κ1) is 14.4. The third-order valence-corrected chi connectivity index (χ3v) is 5.60. The van der Waals surface area contributed by atoms with Crippen molar-refractivity contribution >= 4 is 29.0 Å². The Labute approximate surface area is 122 Å². The van der Waals surface area contributed by atoms with Crippen LogP contribution in [0, 0.1) is 11.8 Å². The quantitative estimate of drug-likeness (QED) is 0.839. The van der Waals surface area contributed by atoms with Crippen LogP contribution in [-0.4, -0.2) is 29.5 Å². The highest BCUT2D eigenvalue weighted by atomic mass is 32.2. The number of carbonyl (C=O) groups excluding carboxylic acids is 1. The molecule has 1 saturated heterocycles. The van der Waals surface area contributed by atoms with Crippen LogP contribution in [0.2, 0.25) is 0 Å². The first-order valence-electron chi connectivity index (χ1n) is 6.34. The topological polar surface area (TPSA) is 55.1 Å². The summed E-state index contributed by atoms with van der Waals surface area (Å²) in [5, 5.41) is 3.03. The molecule has 1 amide bonds. The Kier molecular flexibility index (Phi) is 4.92. The number of thioether (sulfide) groups is 1. The summed E-state index contributed by atoms with van der Waals surface area (Å²) in [5.74, 6) is 6.93. The van der Waals surface area contributed by atoms with Crippen molar-refractivity contribution in [1.29, 1.82) is 0 Å². The van der Waals surface area contributed by atoms with E-state index in [0.29, 0.717) is 11.4 Å². The predicted octanol–water partition coefficient (Wildman–Crippen LogP) is 2.07. The number of nitrogens with two attached hydrogens (primary N) is 1. The fourth-order valence-electron chi connectivity index (χ4n) is 2.00. The van der Waals surface area contributed by atoms with E-state index in [-0.39, 0.29) is 10.7 Å². The van der Waals surface area contributed by atoms with Crippen molar-refractivity contribution in [3.63, 3.8) is 0 Å². The summed E-state index contributed by atoms with van der Waals surface area (Å²) >= 11 is 3.36. The van der Waals surface area contributed by atoms with Crippen LogP contribution in [0.4, 0.5) is 0 Å². The Morgan fingerprint density at radius 1 is 1.58 bits per heavy atom. The molecule has 0 radical (unpaired) electrons. The Morgan fingerprint density at radius 3 is 3.11 bits per heavy atom. The summed E-state index contributed by atoms with van der Waals surface area (Å²) in [5.41, 5.74) is 5.32. The lowest BCUT2D eigenvalue weighted by Crippen LogP contribution is -2.36. The monoisotopic (exact) mass is 294 g/mol. The molecule has 3 N–H and O–H groups in total. The van der Waals surface area contributed by atoms with Crippen LogP contribution in [0.25, 0.3) is 0 Å². The second-order valence-electron chi connectivity index (χ2n) is 4.75. The van der Waals surface area contributed by atoms with E-state index in [0.717, 1.165) is 11.4 Å². The summed E-state index contributed by atoms with van der Waals surface area (Å²) in [6.07, 6.45) is 2.42. The number of rotatable bonds is 3. The van der Waals surface area contributed by atoms with Gasteiger partial charge in [-0.2, -0.15) is 11.8 Å². The van der Waals surface area contributed by atoms with Gasteiger partial charge < -0.3 is 11.1 Å². The maximum absolute atomic E-state index is 12.0. The van der Waals surface area contributed by atoms with E-state index in [1.807, 2.05) is 23.9 Å². The Hall–Kier alpha value is -0.960. The van der Waals surface area contributed by atoms with Gasteiger partial charge in [-0.05, 0) is 37.7 Å². The summed E-state index contributed by atoms with van der Waals surface area (Å²) in [7, 11) is 0. The number of nitrogens with one attached hydrogen (secondary N) is 1. The van der Waals surface area contributed by atoms with Crippen LogP contribution in [-0.2, 0) is 0 Å². The summed E-state index contributed by atoms with van der Waals surface area (Å²) in [6.45, 7) is 3.30. The lowest BCUT2D eigenvalue weighted by atomic mass is 10.1. The van der Waals surface area contributed by atoms with Crippen molar-refractivity contribution in [3.8, 4) is 11.8 Å². The number of hydrogen-bond donors (Lipinski definition) is 2. The normalized spacial score (nSPS) is 21.8. The van der Waals surface area contributed by atoms with Crippen LogP contribution in [0.3, 0.4) is 0 Å². The molecule has 1 aromatic rings. The van der Waals surface area contributed by atoms with E-state index in [2.05, 4.69) is 24.1 Å². The summed E-state index contributed by atoms with van der Waals surface area (Å²) in [6, 6.07) is 3.69. The molecule has 1 aliphatic heterocycles. The number of carbonyl (C=O) groups is 1. The fourth-order valence-corrected chi connectivity index (χ4v) is 4.04. The SMILES string of the molecule is CC1(CNC(=O)c2ccc(C#CCN)s2)CCCS1. The van der Waals surface area contributed by atoms with Gasteiger partial charge in [-0.3, -0.25) is 4.79 Å². The first-order valence-corrected chi connectivity index (χ1v) is 8.14. The fraction of sp³-hybridized carbons (Fsp3) is 0.500. The van der Waals surface area contributed by atoms with Crippen LogP contribution in [0.5, 0.6) is 0 Å². The highest BCUT2D eigenvalue weighted by molar-refractivity contribution is 8.00. The molecule has 102 valence electrons. The van der Waals surface area contributed by atoms with E-state index in [4.69, 9.17) is 5.73 Å². The molecule has 5 heteroatoms. The third kappa shape index (κ3) is 4.00. The van der Waals surface area contributed by atoms with Gasteiger partial charge in [0.1, 0.15) is 0 Å². The maximum atomic E-state index is 12.0. The molecule has 0 aliphatic carbocycles. The zero-order valence-electron chi connectivity index (χ0n) is 11.0. The minimum Gasteiger partial charge on any atom is -0.350 e. The molecule has 0 saturated carbocycles. The van der Waals surface area contributed by atoms with Gasteiger partial charge in [0.2, 0.25) is 0 Å². The maximum Gasteiger partial charge on any atom is 0.261 e. The Morgan fingerprint density at radius 2 is 2.42 bits per heavy atom. The molecular formula is C14H18N2OS2. The molecule has 1 aromatic heterocycles. The van der Waals surface area contributed by atoms with Gasteiger partial charge in [-0.25, -0.2) is 0 Å². The minimum atomic E-state index is -0.000441. The largest absolute Gasteiger partial charge is 0.350 e. The zero-order valence-corrected chi connectivity index (χ0v) is 12.6. The molecule has 19 heavy (non-hydrogen) atoms. The summed E-state index contributed by atoms with van der Waals surface area (Å²) in [4.78, 5) is 13.6. The number of amides is 1. The van der Waals surface area contributed by atoms with Crippen molar-refractivity contribution in [1.82, 2.24) is 5.32 Å². The molecule has 1 unspecified atom stereocenters.